The second-order valence-corrected chi connectivity index (χ2v) is 5.52. The number of ketones is 1. The Morgan fingerprint density at radius 3 is 2.38 bits per heavy atom. The first-order valence-electron chi connectivity index (χ1n) is 7.37. The van der Waals surface area contributed by atoms with Crippen molar-refractivity contribution in [2.45, 2.75) is 19.3 Å². The van der Waals surface area contributed by atoms with E-state index in [9.17, 15) is 14.7 Å². The topological polar surface area (TPSA) is 67.5 Å². The Balaban J connectivity index is 0.00000208. The van der Waals surface area contributed by atoms with E-state index >= 15 is 0 Å². The molecule has 0 bridgehead atoms. The van der Waals surface area contributed by atoms with E-state index in [-0.39, 0.29) is 65.3 Å². The largest absolute Gasteiger partial charge is 3.00 e. The van der Waals surface area contributed by atoms with E-state index in [0.29, 0.717) is 11.0 Å². The van der Waals surface area contributed by atoms with Crippen molar-refractivity contribution in [1.82, 2.24) is 0 Å². The smallest absolute Gasteiger partial charge is 0.507 e. The van der Waals surface area contributed by atoms with Gasteiger partial charge >= 0.3 is 47.4 Å². The summed E-state index contributed by atoms with van der Waals surface area (Å²) in [4.78, 5) is 24.1. The van der Waals surface area contributed by atoms with Crippen LogP contribution in [-0.2, 0) is 4.79 Å². The molecule has 1 radical (unpaired) electrons. The van der Waals surface area contributed by atoms with E-state index in [1.807, 2.05) is 30.3 Å². The number of rotatable bonds is 4. The molecule has 1 heterocycles. The third kappa shape index (κ3) is 3.76. The van der Waals surface area contributed by atoms with Crippen molar-refractivity contribution in [3.8, 4) is 5.75 Å². The molecule has 0 aliphatic carbocycles. The maximum atomic E-state index is 12.4. The Labute approximate surface area is 172 Å². The van der Waals surface area contributed by atoms with E-state index in [0.717, 1.165) is 5.56 Å². The first kappa shape index (κ1) is 18.8. The Morgan fingerprint density at radius 2 is 1.71 bits per heavy atom. The molecular weight excluding hydrogens is 432 g/mol. The van der Waals surface area contributed by atoms with Crippen molar-refractivity contribution < 1.29 is 56.1 Å². The number of carbonyl (C=O) groups excluding carboxylic acids is 1. The Morgan fingerprint density at radius 1 is 1.08 bits per heavy atom. The van der Waals surface area contributed by atoms with Gasteiger partial charge < -0.3 is 9.52 Å². The van der Waals surface area contributed by atoms with E-state index in [4.69, 9.17) is 4.42 Å². The molecule has 0 saturated heterocycles. The quantitative estimate of drug-likeness (QED) is 0.620. The zero-order valence-electron chi connectivity index (χ0n) is 13.2. The van der Waals surface area contributed by atoms with Crippen LogP contribution in [0.15, 0.2) is 63.8 Å². The van der Waals surface area contributed by atoms with Crippen molar-refractivity contribution in [2.24, 2.45) is 0 Å². The molecule has 0 spiro atoms. The molecule has 3 rings (SSSR count). The molecule has 3 aromatic rings. The summed E-state index contributed by atoms with van der Waals surface area (Å²) < 4.78 is 5.33. The molecular formula is C19H16CeO4+3. The Bertz CT molecular complexity index is 916. The summed E-state index contributed by atoms with van der Waals surface area (Å²) in [5.74, 6) is -0.715. The molecule has 1 atom stereocenters. The number of hydrogen-bond donors (Lipinski definition) is 1. The summed E-state index contributed by atoms with van der Waals surface area (Å²) in [6.45, 7) is 1.47. The molecule has 1 unspecified atom stereocenters. The van der Waals surface area contributed by atoms with Crippen LogP contribution in [0, 0.1) is 41.7 Å². The molecule has 0 aliphatic rings. The van der Waals surface area contributed by atoms with Crippen LogP contribution in [0.1, 0.15) is 30.4 Å². The molecule has 4 nitrogen and oxygen atoms in total. The van der Waals surface area contributed by atoms with E-state index < -0.39 is 11.5 Å². The fraction of sp³-hybridized carbons (Fsp3) is 0.158. The van der Waals surface area contributed by atoms with Gasteiger partial charge in [0.1, 0.15) is 17.1 Å². The molecule has 0 saturated carbocycles. The molecule has 1 aromatic heterocycles. The molecule has 24 heavy (non-hydrogen) atoms. The van der Waals surface area contributed by atoms with Crippen LogP contribution in [-0.4, -0.2) is 10.9 Å². The minimum absolute atomic E-state index is 0. The van der Waals surface area contributed by atoms with Gasteiger partial charge in [-0.25, -0.2) is 4.79 Å². The van der Waals surface area contributed by atoms with Crippen LogP contribution < -0.4 is 5.63 Å². The molecule has 5 heteroatoms. The summed E-state index contributed by atoms with van der Waals surface area (Å²) in [5.41, 5.74) is 0.635. The number of para-hydroxylation sites is 1. The number of fused-ring (bicyclic) bond motifs is 1. The van der Waals surface area contributed by atoms with E-state index in [1.165, 1.54) is 6.92 Å². The Kier molecular flexibility index (Phi) is 6.31. The van der Waals surface area contributed by atoms with Crippen LogP contribution in [0.3, 0.4) is 0 Å². The minimum atomic E-state index is -0.615. The van der Waals surface area contributed by atoms with Gasteiger partial charge in [0.25, 0.3) is 0 Å². The fourth-order valence-corrected chi connectivity index (χ4v) is 2.81. The van der Waals surface area contributed by atoms with E-state index in [1.54, 1.807) is 24.3 Å². The summed E-state index contributed by atoms with van der Waals surface area (Å²) in [6, 6.07) is 16.0. The zero-order valence-corrected chi connectivity index (χ0v) is 16.3. The van der Waals surface area contributed by atoms with Gasteiger partial charge in [0.15, 0.2) is 0 Å². The maximum absolute atomic E-state index is 12.4. The third-order valence-electron chi connectivity index (χ3n) is 3.86. The SMILES string of the molecule is CC(=O)CC(c1ccccc1)c1c(O)c2ccccc2oc1=O.[Ce+3]. The van der Waals surface area contributed by atoms with Crippen molar-refractivity contribution in [2.75, 3.05) is 0 Å². The zero-order chi connectivity index (χ0) is 16.4. The van der Waals surface area contributed by atoms with Crippen molar-refractivity contribution >= 4 is 16.8 Å². The van der Waals surface area contributed by atoms with Gasteiger partial charge in [-0.05, 0) is 24.6 Å². The number of benzene rings is 2. The van der Waals surface area contributed by atoms with Crippen LogP contribution in [0.5, 0.6) is 5.75 Å². The van der Waals surface area contributed by atoms with Crippen LogP contribution >= 0.6 is 0 Å². The number of carbonyl (C=O) groups is 1. The molecule has 0 amide bonds. The average molecular weight is 448 g/mol. The standard InChI is InChI=1S/C19H16O4.Ce/c1-12(20)11-15(13-7-3-2-4-8-13)17-18(21)14-9-5-6-10-16(14)23-19(17)22;/h2-10,15,21H,11H2,1H3;/q;+3. The van der Waals surface area contributed by atoms with Gasteiger partial charge in [-0.3, -0.25) is 4.79 Å². The second-order valence-electron chi connectivity index (χ2n) is 5.52. The van der Waals surface area contributed by atoms with Crippen LogP contribution in [0.2, 0.25) is 0 Å². The predicted octanol–water partition coefficient (Wildman–Crippen LogP) is 3.61. The average Bonchev–Trinajstić information content (AvgIpc) is 2.54. The Hall–Kier alpha value is -1.50. The summed E-state index contributed by atoms with van der Waals surface area (Å²) in [7, 11) is 0. The van der Waals surface area contributed by atoms with Crippen LogP contribution in [0.4, 0.5) is 0 Å². The van der Waals surface area contributed by atoms with Crippen molar-refractivity contribution in [1.29, 1.82) is 0 Å². The monoisotopic (exact) mass is 448 g/mol. The van der Waals surface area contributed by atoms with Gasteiger partial charge in [-0.1, -0.05) is 42.5 Å². The maximum Gasteiger partial charge on any atom is 3.00 e. The first-order valence-corrected chi connectivity index (χ1v) is 7.37. The minimum Gasteiger partial charge on any atom is -0.507 e. The molecule has 0 aliphatic heterocycles. The molecule has 1 N–H and O–H groups in total. The van der Waals surface area contributed by atoms with Crippen molar-refractivity contribution in [3.05, 3.63) is 76.1 Å². The first-order chi connectivity index (χ1) is 11.1. The molecule has 0 fully saturated rings. The summed E-state index contributed by atoms with van der Waals surface area (Å²) in [6.07, 6.45) is 0.126. The fourth-order valence-electron chi connectivity index (χ4n) is 2.81. The second kappa shape index (κ2) is 8.05. The third-order valence-corrected chi connectivity index (χ3v) is 3.86. The summed E-state index contributed by atoms with van der Waals surface area (Å²) >= 11 is 0. The normalized spacial score (nSPS) is 11.7. The molecule has 2 aromatic carbocycles. The van der Waals surface area contributed by atoms with Gasteiger partial charge in [0.05, 0.1) is 10.9 Å². The van der Waals surface area contributed by atoms with Gasteiger partial charge in [-0.15, -0.1) is 0 Å². The summed E-state index contributed by atoms with van der Waals surface area (Å²) in [5, 5.41) is 11.1. The number of aromatic hydroxyl groups is 1. The van der Waals surface area contributed by atoms with Gasteiger partial charge in [0, 0.05) is 12.3 Å². The molecule has 117 valence electrons. The predicted molar refractivity (Wildman–Crippen MR) is 87.7 cm³/mol. The van der Waals surface area contributed by atoms with E-state index in [2.05, 4.69) is 0 Å². The number of Topliss-reactive ketones (excluding diaryl/α,β-unsaturated/α-hetero) is 1. The van der Waals surface area contributed by atoms with Crippen molar-refractivity contribution in [3.63, 3.8) is 0 Å². The van der Waals surface area contributed by atoms with Crippen LogP contribution in [0.25, 0.3) is 11.0 Å². The van der Waals surface area contributed by atoms with Gasteiger partial charge in [0.2, 0.25) is 0 Å². The number of hydrogen-bond acceptors (Lipinski definition) is 4. The van der Waals surface area contributed by atoms with Gasteiger partial charge in [-0.2, -0.15) is 0 Å².